The molecule has 7 heteroatoms. The molecule has 1 aromatic heterocycles. The van der Waals surface area contributed by atoms with Crippen molar-refractivity contribution in [2.45, 2.75) is 13.0 Å². The number of aromatic nitrogens is 2. The molecule has 0 bridgehead atoms. The second-order valence-corrected chi connectivity index (χ2v) is 6.12. The van der Waals surface area contributed by atoms with Crippen molar-refractivity contribution >= 4 is 23.1 Å². The molecule has 136 valence electrons. The zero-order chi connectivity index (χ0) is 18.7. The smallest absolute Gasteiger partial charge is 0.262 e. The Bertz CT molecular complexity index is 1040. The molecule has 0 aliphatic heterocycles. The van der Waals surface area contributed by atoms with Gasteiger partial charge in [0.2, 0.25) is 0 Å². The lowest BCUT2D eigenvalue weighted by molar-refractivity contribution is 0.355. The number of nitrogens with zero attached hydrogens (tertiary/aromatic N) is 1. The average molecular weight is 372 g/mol. The molecule has 0 radical (unpaired) electrons. The molecule has 0 saturated carbocycles. The molecule has 0 unspecified atom stereocenters. The molecule has 0 aliphatic carbocycles. The molecule has 1 heterocycles. The van der Waals surface area contributed by atoms with Crippen LogP contribution in [-0.4, -0.2) is 30.9 Å². The van der Waals surface area contributed by atoms with Crippen LogP contribution in [0.2, 0.25) is 0 Å². The fraction of sp³-hybridized carbons (Fsp3) is 0.263. The summed E-state index contributed by atoms with van der Waals surface area (Å²) in [6.07, 6.45) is 0.681. The van der Waals surface area contributed by atoms with E-state index in [4.69, 9.17) is 26.4 Å². The first-order valence-corrected chi connectivity index (χ1v) is 8.50. The van der Waals surface area contributed by atoms with Crippen LogP contribution in [0.5, 0.6) is 17.2 Å². The lowest BCUT2D eigenvalue weighted by Crippen LogP contribution is -2.23. The Labute approximate surface area is 156 Å². The first-order valence-electron chi connectivity index (χ1n) is 8.09. The van der Waals surface area contributed by atoms with E-state index in [0.29, 0.717) is 40.1 Å². The van der Waals surface area contributed by atoms with Crippen LogP contribution in [0.4, 0.5) is 0 Å². The molecule has 26 heavy (non-hydrogen) atoms. The van der Waals surface area contributed by atoms with Gasteiger partial charge in [-0.05, 0) is 42.4 Å². The van der Waals surface area contributed by atoms with E-state index in [1.807, 2.05) is 24.3 Å². The standard InChI is InChI=1S/C19H20N2O4S/c1-23-13-6-4-12(5-7-13)8-9-21-18(22)14-10-16(24-2)17(25-3)11-15(14)20-19(21)26/h4-7,10-11H,8-9H2,1-3H3,(H,20,26). The largest absolute Gasteiger partial charge is 0.497 e. The van der Waals surface area contributed by atoms with Crippen molar-refractivity contribution in [3.8, 4) is 17.2 Å². The Kier molecular flexibility index (Phi) is 5.27. The van der Waals surface area contributed by atoms with E-state index in [1.54, 1.807) is 30.9 Å². The summed E-state index contributed by atoms with van der Waals surface area (Å²) in [6, 6.07) is 11.1. The van der Waals surface area contributed by atoms with Crippen LogP contribution >= 0.6 is 12.2 Å². The molecule has 6 nitrogen and oxygen atoms in total. The minimum absolute atomic E-state index is 0.154. The molecule has 0 fully saturated rings. The van der Waals surface area contributed by atoms with E-state index in [-0.39, 0.29) is 5.56 Å². The van der Waals surface area contributed by atoms with Crippen molar-refractivity contribution in [1.29, 1.82) is 0 Å². The number of fused-ring (bicyclic) bond motifs is 1. The van der Waals surface area contributed by atoms with Gasteiger partial charge in [0, 0.05) is 12.6 Å². The lowest BCUT2D eigenvalue weighted by Gasteiger charge is -2.12. The molecular weight excluding hydrogens is 352 g/mol. The second-order valence-electron chi connectivity index (χ2n) is 5.74. The highest BCUT2D eigenvalue weighted by molar-refractivity contribution is 7.71. The van der Waals surface area contributed by atoms with Crippen molar-refractivity contribution in [2.24, 2.45) is 0 Å². The predicted molar refractivity (Wildman–Crippen MR) is 103 cm³/mol. The Hall–Kier alpha value is -2.80. The quantitative estimate of drug-likeness (QED) is 0.673. The summed E-state index contributed by atoms with van der Waals surface area (Å²) >= 11 is 5.38. The maximum atomic E-state index is 12.9. The SMILES string of the molecule is COc1ccc(CCn2c(=S)[nH]c3cc(OC)c(OC)cc3c2=O)cc1. The number of H-pyrrole nitrogens is 1. The van der Waals surface area contributed by atoms with E-state index in [2.05, 4.69) is 4.98 Å². The molecule has 0 amide bonds. The van der Waals surface area contributed by atoms with Gasteiger partial charge < -0.3 is 19.2 Å². The van der Waals surface area contributed by atoms with E-state index >= 15 is 0 Å². The normalized spacial score (nSPS) is 10.7. The molecular formula is C19H20N2O4S. The zero-order valence-electron chi connectivity index (χ0n) is 14.9. The van der Waals surface area contributed by atoms with Crippen LogP contribution in [0.3, 0.4) is 0 Å². The number of nitrogens with one attached hydrogen (secondary N) is 1. The maximum Gasteiger partial charge on any atom is 0.262 e. The van der Waals surface area contributed by atoms with Gasteiger partial charge in [-0.15, -0.1) is 0 Å². The van der Waals surface area contributed by atoms with Gasteiger partial charge in [-0.25, -0.2) is 0 Å². The van der Waals surface area contributed by atoms with Crippen LogP contribution < -0.4 is 19.8 Å². The Morgan fingerprint density at radius 2 is 1.65 bits per heavy atom. The first kappa shape index (κ1) is 18.0. The van der Waals surface area contributed by atoms with Crippen molar-refractivity contribution < 1.29 is 14.2 Å². The number of ether oxygens (including phenoxy) is 3. The minimum Gasteiger partial charge on any atom is -0.497 e. The van der Waals surface area contributed by atoms with Gasteiger partial charge in [-0.3, -0.25) is 9.36 Å². The number of aromatic amines is 1. The van der Waals surface area contributed by atoms with Gasteiger partial charge >= 0.3 is 0 Å². The summed E-state index contributed by atoms with van der Waals surface area (Å²) in [5, 5.41) is 0.506. The van der Waals surface area contributed by atoms with E-state index in [0.717, 1.165) is 11.3 Å². The fourth-order valence-electron chi connectivity index (χ4n) is 2.82. The Morgan fingerprint density at radius 3 is 2.27 bits per heavy atom. The molecule has 3 aromatic rings. The Morgan fingerprint density at radius 1 is 1.00 bits per heavy atom. The maximum absolute atomic E-state index is 12.9. The monoisotopic (exact) mass is 372 g/mol. The highest BCUT2D eigenvalue weighted by Gasteiger charge is 2.11. The van der Waals surface area contributed by atoms with Gasteiger partial charge in [0.25, 0.3) is 5.56 Å². The average Bonchev–Trinajstić information content (AvgIpc) is 2.67. The number of hydrogen-bond donors (Lipinski definition) is 1. The zero-order valence-corrected chi connectivity index (χ0v) is 15.7. The number of aryl methyl sites for hydroxylation is 1. The van der Waals surface area contributed by atoms with Crippen LogP contribution in [0.1, 0.15) is 5.56 Å². The minimum atomic E-state index is -0.154. The Balaban J connectivity index is 1.97. The highest BCUT2D eigenvalue weighted by atomic mass is 32.1. The molecule has 0 atom stereocenters. The summed E-state index contributed by atoms with van der Waals surface area (Å²) < 4.78 is 17.7. The first-order chi connectivity index (χ1) is 12.6. The van der Waals surface area contributed by atoms with Gasteiger partial charge in [-0.2, -0.15) is 0 Å². The number of methoxy groups -OCH3 is 3. The van der Waals surface area contributed by atoms with Crippen LogP contribution in [0.25, 0.3) is 10.9 Å². The summed E-state index contributed by atoms with van der Waals surface area (Å²) in [5.41, 5.74) is 1.57. The van der Waals surface area contributed by atoms with E-state index < -0.39 is 0 Å². The summed E-state index contributed by atoms with van der Waals surface area (Å²) in [5.74, 6) is 1.85. The fourth-order valence-corrected chi connectivity index (χ4v) is 3.10. The third kappa shape index (κ3) is 3.43. The second kappa shape index (κ2) is 7.61. The van der Waals surface area contributed by atoms with Crippen molar-refractivity contribution in [1.82, 2.24) is 9.55 Å². The summed E-state index contributed by atoms with van der Waals surface area (Å²) in [4.78, 5) is 16.0. The van der Waals surface area contributed by atoms with E-state index in [9.17, 15) is 4.79 Å². The third-order valence-corrected chi connectivity index (χ3v) is 4.59. The summed E-state index contributed by atoms with van der Waals surface area (Å²) in [6.45, 7) is 0.477. The van der Waals surface area contributed by atoms with Gasteiger partial charge in [0.05, 0.1) is 32.2 Å². The van der Waals surface area contributed by atoms with Gasteiger partial charge in [0.15, 0.2) is 16.3 Å². The number of benzene rings is 2. The molecule has 1 N–H and O–H groups in total. The molecule has 0 saturated heterocycles. The molecule has 0 spiro atoms. The van der Waals surface area contributed by atoms with Crippen molar-refractivity contribution in [3.63, 3.8) is 0 Å². The van der Waals surface area contributed by atoms with Gasteiger partial charge in [0.1, 0.15) is 5.75 Å². The number of hydrogen-bond acceptors (Lipinski definition) is 5. The molecule has 3 rings (SSSR count). The summed E-state index contributed by atoms with van der Waals surface area (Å²) in [7, 11) is 4.72. The highest BCUT2D eigenvalue weighted by Crippen LogP contribution is 2.29. The van der Waals surface area contributed by atoms with Crippen molar-refractivity contribution in [3.05, 3.63) is 57.1 Å². The lowest BCUT2D eigenvalue weighted by atomic mass is 10.1. The predicted octanol–water partition coefficient (Wildman–Crippen LogP) is 3.33. The molecule has 2 aromatic carbocycles. The molecule has 0 aliphatic rings. The third-order valence-electron chi connectivity index (χ3n) is 4.27. The topological polar surface area (TPSA) is 65.5 Å². The van der Waals surface area contributed by atoms with E-state index in [1.165, 1.54) is 7.11 Å². The van der Waals surface area contributed by atoms with Crippen LogP contribution in [-0.2, 0) is 13.0 Å². The number of rotatable bonds is 6. The van der Waals surface area contributed by atoms with Crippen LogP contribution in [0, 0.1) is 4.77 Å². The van der Waals surface area contributed by atoms with Crippen molar-refractivity contribution in [2.75, 3.05) is 21.3 Å². The van der Waals surface area contributed by atoms with Gasteiger partial charge in [-0.1, -0.05) is 12.1 Å². The van der Waals surface area contributed by atoms with Crippen LogP contribution in [0.15, 0.2) is 41.2 Å².